The van der Waals surface area contributed by atoms with Crippen LogP contribution in [0.2, 0.25) is 0 Å². The summed E-state index contributed by atoms with van der Waals surface area (Å²) in [4.78, 5) is 24.5. The van der Waals surface area contributed by atoms with Gasteiger partial charge < -0.3 is 15.4 Å². The average molecular weight is 507 g/mol. The molecule has 2 heterocycles. The second-order valence-electron chi connectivity index (χ2n) is 8.88. The Bertz CT molecular complexity index is 1220. The fourth-order valence-electron chi connectivity index (χ4n) is 5.26. The molecule has 3 fully saturated rings. The molecule has 2 aliphatic heterocycles. The monoisotopic (exact) mass is 506 g/mol. The van der Waals surface area contributed by atoms with Crippen LogP contribution in [0.25, 0.3) is 11.1 Å². The van der Waals surface area contributed by atoms with E-state index in [1.807, 2.05) is 0 Å². The van der Waals surface area contributed by atoms with Gasteiger partial charge in [0.25, 0.3) is 0 Å². The van der Waals surface area contributed by atoms with Gasteiger partial charge in [0.1, 0.15) is 23.6 Å². The highest BCUT2D eigenvalue weighted by Gasteiger charge is 2.69. The topological polar surface area (TPSA) is 94.5 Å². The highest BCUT2D eigenvalue weighted by atomic mass is 35.5. The van der Waals surface area contributed by atoms with Crippen LogP contribution in [0.1, 0.15) is 12.5 Å². The highest BCUT2D eigenvalue weighted by Crippen LogP contribution is 2.62. The molecule has 11 heteroatoms. The Morgan fingerprint density at radius 2 is 1.86 bits per heavy atom. The Kier molecular flexibility index (Phi) is 6.42. The summed E-state index contributed by atoms with van der Waals surface area (Å²) in [6.45, 7) is 2.64. The zero-order valence-corrected chi connectivity index (χ0v) is 19.4. The molecule has 0 radical (unpaired) electrons. The van der Waals surface area contributed by atoms with Crippen molar-refractivity contribution in [1.29, 1.82) is 5.26 Å². The van der Waals surface area contributed by atoms with E-state index in [1.54, 1.807) is 0 Å². The number of hydrogen-bond donors (Lipinski definition) is 2. The smallest absolute Gasteiger partial charge is 0.414 e. The van der Waals surface area contributed by atoms with Gasteiger partial charge in [-0.2, -0.15) is 5.26 Å². The highest BCUT2D eigenvalue weighted by molar-refractivity contribution is 5.90. The van der Waals surface area contributed by atoms with Crippen LogP contribution in [0.5, 0.6) is 0 Å². The molecule has 7 nitrogen and oxygen atoms in total. The molecule has 2 saturated heterocycles. The third kappa shape index (κ3) is 3.98. The van der Waals surface area contributed by atoms with Crippen LogP contribution in [0.4, 0.5) is 23.7 Å². The Morgan fingerprint density at radius 1 is 1.20 bits per heavy atom. The summed E-state index contributed by atoms with van der Waals surface area (Å²) in [5.74, 6) is -3.07. The van der Waals surface area contributed by atoms with Crippen molar-refractivity contribution in [2.45, 2.75) is 18.4 Å². The molecule has 3 aliphatic rings. The number of nitrogens with zero attached hydrogens (tertiary/aromatic N) is 2. The number of hydrogen-bond acceptors (Lipinski definition) is 5. The second-order valence-corrected chi connectivity index (χ2v) is 8.88. The van der Waals surface area contributed by atoms with Crippen molar-refractivity contribution < 1.29 is 27.5 Å². The van der Waals surface area contributed by atoms with Gasteiger partial charge in [0, 0.05) is 43.0 Å². The molecule has 35 heavy (non-hydrogen) atoms. The van der Waals surface area contributed by atoms with E-state index < -0.39 is 35.1 Å². The van der Waals surface area contributed by atoms with Crippen LogP contribution in [-0.2, 0) is 14.9 Å². The van der Waals surface area contributed by atoms with E-state index in [0.29, 0.717) is 13.1 Å². The van der Waals surface area contributed by atoms with Gasteiger partial charge in [0.15, 0.2) is 0 Å². The number of nitrogens with one attached hydrogen (secondary N) is 2. The van der Waals surface area contributed by atoms with Crippen molar-refractivity contribution in [3.05, 3.63) is 53.3 Å². The van der Waals surface area contributed by atoms with Crippen LogP contribution in [-0.4, -0.2) is 44.3 Å². The number of benzene rings is 2. The van der Waals surface area contributed by atoms with E-state index in [1.165, 1.54) is 24.0 Å². The van der Waals surface area contributed by atoms with E-state index in [2.05, 4.69) is 16.7 Å². The molecule has 1 aliphatic carbocycles. The predicted octanol–water partition coefficient (Wildman–Crippen LogP) is 3.26. The van der Waals surface area contributed by atoms with E-state index >= 15 is 8.78 Å². The van der Waals surface area contributed by atoms with Crippen molar-refractivity contribution in [2.75, 3.05) is 31.1 Å². The van der Waals surface area contributed by atoms with Crippen LogP contribution >= 0.6 is 12.4 Å². The quantitative estimate of drug-likeness (QED) is 0.649. The lowest BCUT2D eigenvalue weighted by atomic mass is 9.89. The lowest BCUT2D eigenvalue weighted by Crippen LogP contribution is -2.33. The van der Waals surface area contributed by atoms with Gasteiger partial charge >= 0.3 is 6.09 Å². The molecule has 0 aromatic heterocycles. The molecule has 2 aromatic carbocycles. The lowest BCUT2D eigenvalue weighted by molar-refractivity contribution is -0.119. The Morgan fingerprint density at radius 3 is 2.43 bits per heavy atom. The van der Waals surface area contributed by atoms with Crippen LogP contribution in [0, 0.1) is 40.6 Å². The van der Waals surface area contributed by atoms with Crippen molar-refractivity contribution in [1.82, 2.24) is 10.6 Å². The minimum atomic E-state index is -1.19. The molecular weight excluding hydrogens is 485 g/mol. The second kappa shape index (κ2) is 9.06. The van der Waals surface area contributed by atoms with Crippen LogP contribution < -0.4 is 15.5 Å². The normalized spacial score (nSPS) is 26.4. The molecule has 5 rings (SSSR count). The first-order chi connectivity index (χ1) is 16.3. The summed E-state index contributed by atoms with van der Waals surface area (Å²) in [5, 5.41) is 15.4. The van der Waals surface area contributed by atoms with Gasteiger partial charge in [-0.25, -0.2) is 18.0 Å². The standard InChI is InChI=1S/C24H21F3N4O3.ClH/c1-12(32)30-7-15-10-31(23(33)34-15)14-2-3-16(19(25)6-14)13-4-20(26)22(21(27)5-13)24(11-28)17-8-29-9-18(17)24;/h2-6,15,17-18,29H,7-10H2,1H3,(H,30,32);1H/t15-,17?,18?,24?;/m0./s1. The van der Waals surface area contributed by atoms with E-state index in [-0.39, 0.29) is 65.6 Å². The summed E-state index contributed by atoms with van der Waals surface area (Å²) >= 11 is 0. The Labute approximate surface area is 205 Å². The molecular formula is C24H22ClF3N4O3. The third-order valence-corrected chi connectivity index (χ3v) is 6.94. The van der Waals surface area contributed by atoms with E-state index in [9.17, 15) is 19.2 Å². The number of cyclic esters (lactones) is 1. The fourth-order valence-corrected chi connectivity index (χ4v) is 5.26. The largest absolute Gasteiger partial charge is 0.442 e. The van der Waals surface area contributed by atoms with E-state index in [0.717, 1.165) is 18.2 Å². The van der Waals surface area contributed by atoms with Crippen molar-refractivity contribution >= 4 is 30.1 Å². The fraction of sp³-hybridized carbons (Fsp3) is 0.375. The first-order valence-corrected chi connectivity index (χ1v) is 10.9. The first kappa shape index (κ1) is 24.8. The SMILES string of the molecule is CC(=O)NC[C@H]1CN(c2ccc(-c3cc(F)c(C4(C#N)C5CNCC54)c(F)c3)c(F)c2)C(=O)O1.Cl. The minimum Gasteiger partial charge on any atom is -0.442 e. The summed E-state index contributed by atoms with van der Waals surface area (Å²) in [7, 11) is 0. The van der Waals surface area contributed by atoms with E-state index in [4.69, 9.17) is 4.74 Å². The van der Waals surface area contributed by atoms with Crippen LogP contribution in [0.3, 0.4) is 0 Å². The third-order valence-electron chi connectivity index (χ3n) is 6.94. The molecule has 2 aromatic rings. The number of ether oxygens (including phenoxy) is 1. The van der Waals surface area contributed by atoms with Crippen molar-refractivity contribution in [3.8, 4) is 17.2 Å². The number of fused-ring (bicyclic) bond motifs is 1. The number of nitriles is 1. The maximum Gasteiger partial charge on any atom is 0.414 e. The molecule has 0 spiro atoms. The van der Waals surface area contributed by atoms with Gasteiger partial charge in [-0.05, 0) is 35.9 Å². The molecule has 2 amide bonds. The first-order valence-electron chi connectivity index (χ1n) is 10.9. The summed E-state index contributed by atoms with van der Waals surface area (Å²) in [6, 6.07) is 8.10. The summed E-state index contributed by atoms with van der Waals surface area (Å²) in [6.07, 6.45) is -1.27. The zero-order chi connectivity index (χ0) is 24.2. The Hall–Kier alpha value is -3.29. The van der Waals surface area contributed by atoms with Crippen molar-refractivity contribution in [3.63, 3.8) is 0 Å². The summed E-state index contributed by atoms with van der Waals surface area (Å²) < 4.78 is 50.3. The number of rotatable bonds is 5. The minimum absolute atomic E-state index is 0. The van der Waals surface area contributed by atoms with Gasteiger partial charge in [0.05, 0.1) is 30.3 Å². The number of carbonyl (C=O) groups is 2. The average Bonchev–Trinajstić information content (AvgIpc) is 3.12. The molecule has 2 unspecified atom stereocenters. The number of carbonyl (C=O) groups excluding carboxylic acids is 2. The maximum atomic E-state index is 15.1. The maximum absolute atomic E-state index is 15.1. The molecule has 184 valence electrons. The van der Waals surface area contributed by atoms with Crippen LogP contribution in [0.15, 0.2) is 30.3 Å². The zero-order valence-electron chi connectivity index (χ0n) is 18.6. The molecule has 2 N–H and O–H groups in total. The number of anilines is 1. The number of halogens is 4. The molecule has 1 saturated carbocycles. The van der Waals surface area contributed by atoms with Gasteiger partial charge in [-0.1, -0.05) is 0 Å². The number of amides is 2. The Balaban J connectivity index is 0.00000289. The van der Waals surface area contributed by atoms with Gasteiger partial charge in [-0.15, -0.1) is 12.4 Å². The van der Waals surface area contributed by atoms with Crippen molar-refractivity contribution in [2.24, 2.45) is 11.8 Å². The van der Waals surface area contributed by atoms with Gasteiger partial charge in [-0.3, -0.25) is 9.69 Å². The predicted molar refractivity (Wildman–Crippen MR) is 122 cm³/mol. The lowest BCUT2D eigenvalue weighted by Gasteiger charge is -2.17. The number of piperidine rings is 1. The molecule has 0 bridgehead atoms. The molecule has 3 atom stereocenters. The summed E-state index contributed by atoms with van der Waals surface area (Å²) in [5.41, 5.74) is -1.27. The van der Waals surface area contributed by atoms with Gasteiger partial charge in [0.2, 0.25) is 5.91 Å².